The molecule has 0 unspecified atom stereocenters. The van der Waals surface area contributed by atoms with E-state index in [9.17, 15) is 0 Å². The molecule has 2 N–H and O–H groups in total. The Labute approximate surface area is 107 Å². The van der Waals surface area contributed by atoms with Crippen molar-refractivity contribution in [1.29, 1.82) is 0 Å². The van der Waals surface area contributed by atoms with Crippen LogP contribution >= 0.6 is 0 Å². The number of benzene rings is 1. The Kier molecular flexibility index (Phi) is 3.46. The first kappa shape index (κ1) is 12.4. The van der Waals surface area contributed by atoms with Crippen LogP contribution in [0.5, 0.6) is 0 Å². The summed E-state index contributed by atoms with van der Waals surface area (Å²) in [6, 6.07) is 8.35. The Hall–Kier alpha value is -2.10. The van der Waals surface area contributed by atoms with Crippen LogP contribution in [0.3, 0.4) is 0 Å². The van der Waals surface area contributed by atoms with E-state index in [1.165, 1.54) is 17.5 Å². The van der Waals surface area contributed by atoms with E-state index in [0.717, 1.165) is 17.9 Å². The highest BCUT2D eigenvalue weighted by molar-refractivity contribution is 5.55. The minimum Gasteiger partial charge on any atom is -0.383 e. The fourth-order valence-electron chi connectivity index (χ4n) is 1.96. The van der Waals surface area contributed by atoms with Gasteiger partial charge in [0.15, 0.2) is 0 Å². The van der Waals surface area contributed by atoms with Crippen LogP contribution in [0.25, 0.3) is 0 Å². The van der Waals surface area contributed by atoms with Gasteiger partial charge in [0, 0.05) is 19.2 Å². The van der Waals surface area contributed by atoms with Gasteiger partial charge in [0.2, 0.25) is 0 Å². The van der Waals surface area contributed by atoms with Gasteiger partial charge >= 0.3 is 0 Å². The summed E-state index contributed by atoms with van der Waals surface area (Å²) >= 11 is 0. The van der Waals surface area contributed by atoms with E-state index in [1.54, 1.807) is 0 Å². The minimum absolute atomic E-state index is 0.539. The van der Waals surface area contributed by atoms with E-state index in [0.29, 0.717) is 5.82 Å². The van der Waals surface area contributed by atoms with Crippen molar-refractivity contribution in [2.75, 3.05) is 17.7 Å². The van der Waals surface area contributed by atoms with E-state index in [-0.39, 0.29) is 0 Å². The monoisotopic (exact) mass is 242 g/mol. The zero-order valence-corrected chi connectivity index (χ0v) is 11.0. The van der Waals surface area contributed by atoms with Gasteiger partial charge in [-0.15, -0.1) is 0 Å². The van der Waals surface area contributed by atoms with Crippen LogP contribution in [0.15, 0.2) is 30.6 Å². The van der Waals surface area contributed by atoms with E-state index in [1.807, 2.05) is 20.0 Å². The maximum absolute atomic E-state index is 5.80. The second-order valence-corrected chi connectivity index (χ2v) is 4.49. The number of hydrogen-bond donors (Lipinski definition) is 1. The maximum Gasteiger partial charge on any atom is 0.137 e. The topological polar surface area (TPSA) is 55.0 Å². The first-order valence-electron chi connectivity index (χ1n) is 5.92. The fraction of sp³-hybridized carbons (Fsp3) is 0.286. The third kappa shape index (κ3) is 2.42. The van der Waals surface area contributed by atoms with Crippen molar-refractivity contribution in [2.24, 2.45) is 0 Å². The van der Waals surface area contributed by atoms with Crippen molar-refractivity contribution >= 4 is 11.6 Å². The number of nitrogens with two attached hydrogens (primary N) is 1. The molecular formula is C14H18N4. The second kappa shape index (κ2) is 5.04. The molecule has 0 spiro atoms. The van der Waals surface area contributed by atoms with Gasteiger partial charge < -0.3 is 10.6 Å². The molecule has 2 aromatic rings. The molecule has 0 bridgehead atoms. The van der Waals surface area contributed by atoms with Crippen LogP contribution in [0.1, 0.15) is 16.7 Å². The van der Waals surface area contributed by atoms with Crippen molar-refractivity contribution in [3.05, 3.63) is 47.3 Å². The molecule has 1 aromatic carbocycles. The quantitative estimate of drug-likeness (QED) is 0.897. The number of nitrogens with zero attached hydrogens (tertiary/aromatic N) is 3. The molecule has 4 nitrogen and oxygen atoms in total. The van der Waals surface area contributed by atoms with Crippen LogP contribution in [0, 0.1) is 13.8 Å². The zero-order chi connectivity index (χ0) is 13.1. The van der Waals surface area contributed by atoms with Crippen molar-refractivity contribution < 1.29 is 0 Å². The summed E-state index contributed by atoms with van der Waals surface area (Å²) in [5.41, 5.74) is 9.30. The lowest BCUT2D eigenvalue weighted by Gasteiger charge is -2.21. The molecule has 0 saturated heterocycles. The summed E-state index contributed by atoms with van der Waals surface area (Å²) in [6.45, 7) is 4.87. The standard InChI is InChI=1S/C14H18N4/c1-10-6-4-5-7-12(10)8-18(3)14-11(2)13(15)16-9-17-14/h4-7,9H,8H2,1-3H3,(H2,15,16,17). The summed E-state index contributed by atoms with van der Waals surface area (Å²) in [7, 11) is 2.02. The maximum atomic E-state index is 5.80. The highest BCUT2D eigenvalue weighted by atomic mass is 15.2. The highest BCUT2D eigenvalue weighted by Crippen LogP contribution is 2.21. The van der Waals surface area contributed by atoms with Crippen molar-refractivity contribution in [1.82, 2.24) is 9.97 Å². The van der Waals surface area contributed by atoms with Gasteiger partial charge in [-0.1, -0.05) is 24.3 Å². The Bertz CT molecular complexity index is 551. The summed E-state index contributed by atoms with van der Waals surface area (Å²) in [5.74, 6) is 1.42. The predicted octanol–water partition coefficient (Wildman–Crippen LogP) is 2.31. The predicted molar refractivity (Wildman–Crippen MR) is 74.5 cm³/mol. The molecular weight excluding hydrogens is 224 g/mol. The first-order valence-corrected chi connectivity index (χ1v) is 5.92. The van der Waals surface area contributed by atoms with Crippen molar-refractivity contribution in [3.63, 3.8) is 0 Å². The summed E-state index contributed by atoms with van der Waals surface area (Å²) in [6.07, 6.45) is 1.51. The average molecular weight is 242 g/mol. The fourth-order valence-corrected chi connectivity index (χ4v) is 1.96. The van der Waals surface area contributed by atoms with E-state index in [4.69, 9.17) is 5.73 Å². The van der Waals surface area contributed by atoms with Crippen LogP contribution in [0.2, 0.25) is 0 Å². The molecule has 0 aliphatic heterocycles. The first-order chi connectivity index (χ1) is 8.59. The molecule has 0 aliphatic rings. The van der Waals surface area contributed by atoms with Gasteiger partial charge in [0.25, 0.3) is 0 Å². The molecule has 0 aliphatic carbocycles. The molecule has 0 saturated carbocycles. The number of aromatic nitrogens is 2. The lowest BCUT2D eigenvalue weighted by Crippen LogP contribution is -2.20. The Morgan fingerprint density at radius 1 is 1.17 bits per heavy atom. The Morgan fingerprint density at radius 2 is 1.89 bits per heavy atom. The third-order valence-electron chi connectivity index (χ3n) is 3.13. The smallest absolute Gasteiger partial charge is 0.137 e. The summed E-state index contributed by atoms with van der Waals surface area (Å²) in [5, 5.41) is 0. The van der Waals surface area contributed by atoms with E-state index >= 15 is 0 Å². The molecule has 0 radical (unpaired) electrons. The molecule has 2 rings (SSSR count). The van der Waals surface area contributed by atoms with Gasteiger partial charge in [-0.2, -0.15) is 0 Å². The molecule has 0 amide bonds. The Balaban J connectivity index is 2.25. The van der Waals surface area contributed by atoms with Gasteiger partial charge in [-0.05, 0) is 25.0 Å². The minimum atomic E-state index is 0.539. The van der Waals surface area contributed by atoms with Crippen LogP contribution in [-0.2, 0) is 6.54 Å². The molecule has 1 heterocycles. The number of nitrogen functional groups attached to an aromatic ring is 1. The third-order valence-corrected chi connectivity index (χ3v) is 3.13. The lowest BCUT2D eigenvalue weighted by molar-refractivity contribution is 0.877. The molecule has 0 fully saturated rings. The average Bonchev–Trinajstić information content (AvgIpc) is 2.35. The van der Waals surface area contributed by atoms with Crippen molar-refractivity contribution in [3.8, 4) is 0 Å². The van der Waals surface area contributed by atoms with Crippen LogP contribution in [-0.4, -0.2) is 17.0 Å². The Morgan fingerprint density at radius 3 is 2.61 bits per heavy atom. The van der Waals surface area contributed by atoms with Crippen molar-refractivity contribution in [2.45, 2.75) is 20.4 Å². The van der Waals surface area contributed by atoms with E-state index < -0.39 is 0 Å². The number of rotatable bonds is 3. The van der Waals surface area contributed by atoms with Gasteiger partial charge in [0.1, 0.15) is 18.0 Å². The number of anilines is 2. The summed E-state index contributed by atoms with van der Waals surface area (Å²) < 4.78 is 0. The normalized spacial score (nSPS) is 10.4. The summed E-state index contributed by atoms with van der Waals surface area (Å²) in [4.78, 5) is 10.4. The van der Waals surface area contributed by atoms with Crippen LogP contribution in [0.4, 0.5) is 11.6 Å². The molecule has 1 aromatic heterocycles. The van der Waals surface area contributed by atoms with Gasteiger partial charge in [-0.3, -0.25) is 0 Å². The zero-order valence-electron chi connectivity index (χ0n) is 11.0. The largest absolute Gasteiger partial charge is 0.383 e. The number of aryl methyl sites for hydroxylation is 1. The molecule has 94 valence electrons. The van der Waals surface area contributed by atoms with Gasteiger partial charge in [-0.25, -0.2) is 9.97 Å². The number of hydrogen-bond acceptors (Lipinski definition) is 4. The van der Waals surface area contributed by atoms with E-state index in [2.05, 4.69) is 40.0 Å². The SMILES string of the molecule is Cc1ccccc1CN(C)c1ncnc(N)c1C. The van der Waals surface area contributed by atoms with Gasteiger partial charge in [0.05, 0.1) is 0 Å². The second-order valence-electron chi connectivity index (χ2n) is 4.49. The molecule has 0 atom stereocenters. The highest BCUT2D eigenvalue weighted by Gasteiger charge is 2.10. The molecule has 4 heteroatoms. The molecule has 18 heavy (non-hydrogen) atoms. The van der Waals surface area contributed by atoms with Crippen LogP contribution < -0.4 is 10.6 Å². The lowest BCUT2D eigenvalue weighted by atomic mass is 10.1.